The highest BCUT2D eigenvalue weighted by Crippen LogP contribution is 2.34. The van der Waals surface area contributed by atoms with E-state index < -0.39 is 28.1 Å². The third-order valence-electron chi connectivity index (χ3n) is 8.56. The lowest BCUT2D eigenvalue weighted by Crippen LogP contribution is -2.54. The number of piperidine rings is 2. The maximum atomic E-state index is 13.2. The number of nitrogens with zero attached hydrogens (tertiary/aromatic N) is 3. The number of hydrogen-bond donors (Lipinski definition) is 2. The van der Waals surface area contributed by atoms with Crippen LogP contribution in [0.15, 0.2) is 47.4 Å². The van der Waals surface area contributed by atoms with Crippen LogP contribution >= 0.6 is 0 Å². The van der Waals surface area contributed by atoms with E-state index in [1.165, 1.54) is 21.3 Å². The highest BCUT2D eigenvalue weighted by Gasteiger charge is 2.40. The number of sulfonamides is 1. The van der Waals surface area contributed by atoms with E-state index in [1.807, 2.05) is 0 Å². The van der Waals surface area contributed by atoms with Crippen LogP contribution in [0.4, 0.5) is 4.79 Å². The zero-order chi connectivity index (χ0) is 31.7. The van der Waals surface area contributed by atoms with Crippen LogP contribution in [0.3, 0.4) is 0 Å². The van der Waals surface area contributed by atoms with Gasteiger partial charge in [-0.25, -0.2) is 13.2 Å². The number of likely N-dealkylation sites (tertiary alicyclic amines) is 1. The minimum absolute atomic E-state index is 0.106. The second-order valence-corrected chi connectivity index (χ2v) is 13.5. The van der Waals surface area contributed by atoms with Gasteiger partial charge in [-0.05, 0) is 43.5 Å². The number of fused-ring (bicyclic) bond motifs is 1. The molecule has 240 valence electrons. The van der Waals surface area contributed by atoms with E-state index in [2.05, 4.69) is 10.2 Å². The molecule has 45 heavy (non-hydrogen) atoms. The number of ether oxygens (including phenoxy) is 3. The average molecular weight is 642 g/mol. The van der Waals surface area contributed by atoms with Gasteiger partial charge in [0.05, 0.1) is 11.4 Å². The molecule has 14 nitrogen and oxygen atoms in total. The second-order valence-electron chi connectivity index (χ2n) is 11.5. The van der Waals surface area contributed by atoms with Crippen molar-refractivity contribution in [2.24, 2.45) is 5.73 Å². The summed E-state index contributed by atoms with van der Waals surface area (Å²) in [6.07, 6.45) is -0.0970. The smallest absolute Gasteiger partial charge is 0.404 e. The van der Waals surface area contributed by atoms with E-state index in [0.29, 0.717) is 62.6 Å². The lowest BCUT2D eigenvalue weighted by atomic mass is 10.0. The summed E-state index contributed by atoms with van der Waals surface area (Å²) in [7, 11) is -3.74. The fourth-order valence-corrected chi connectivity index (χ4v) is 7.67. The van der Waals surface area contributed by atoms with Gasteiger partial charge in [-0.2, -0.15) is 4.31 Å². The van der Waals surface area contributed by atoms with E-state index in [0.717, 1.165) is 5.56 Å². The topological polar surface area (TPSA) is 178 Å². The molecule has 1 atom stereocenters. The van der Waals surface area contributed by atoms with E-state index in [1.54, 1.807) is 30.3 Å². The standard InChI is InChI=1S/C30H35N5O9S/c31-30(39)44-19-9-11-34(12-10-19)45(40,41)22-4-1-3-20(15-22)43-21-16-33(17-21)13-14-42-26-6-2-5-23-24(26)18-35(29(23)38)25-7-8-27(36)32-28(25)37/h1-6,15,19,21,25H,7-14,16-18H2,(H2,31,39)(H,32,36,37). The van der Waals surface area contributed by atoms with Gasteiger partial charge in [0.1, 0.15) is 36.4 Å². The van der Waals surface area contributed by atoms with Crippen molar-refractivity contribution in [3.8, 4) is 11.5 Å². The lowest BCUT2D eigenvalue weighted by Gasteiger charge is -2.39. The lowest BCUT2D eigenvalue weighted by molar-refractivity contribution is -0.136. The zero-order valence-electron chi connectivity index (χ0n) is 24.6. The van der Waals surface area contributed by atoms with Crippen molar-refractivity contribution in [2.45, 2.75) is 55.4 Å². The summed E-state index contributed by atoms with van der Waals surface area (Å²) in [6.45, 7) is 2.98. The SMILES string of the molecule is NC(=O)OC1CCN(S(=O)(=O)c2cccc(OC3CN(CCOc4cccc5c4CN(C4CCC(=O)NC4=O)C5=O)C3)c2)CC1. The van der Waals surface area contributed by atoms with E-state index in [9.17, 15) is 27.6 Å². The molecule has 0 aromatic heterocycles. The molecule has 0 spiro atoms. The number of nitrogens with one attached hydrogen (secondary N) is 1. The molecular weight excluding hydrogens is 606 g/mol. The molecule has 3 fully saturated rings. The largest absolute Gasteiger partial charge is 0.492 e. The number of rotatable bonds is 10. The summed E-state index contributed by atoms with van der Waals surface area (Å²) in [4.78, 5) is 51.7. The summed E-state index contributed by atoms with van der Waals surface area (Å²) in [6, 6.07) is 11.0. The number of hydrogen-bond acceptors (Lipinski definition) is 10. The molecule has 6 rings (SSSR count). The Hall–Kier alpha value is -4.21. The molecule has 2 aromatic rings. The number of benzene rings is 2. The highest BCUT2D eigenvalue weighted by atomic mass is 32.2. The third-order valence-corrected chi connectivity index (χ3v) is 10.5. The van der Waals surface area contributed by atoms with Crippen molar-refractivity contribution < 1.29 is 41.8 Å². The maximum absolute atomic E-state index is 13.2. The first-order chi connectivity index (χ1) is 21.6. The molecule has 4 aliphatic rings. The van der Waals surface area contributed by atoms with Gasteiger partial charge in [0.15, 0.2) is 0 Å². The Bertz CT molecular complexity index is 1600. The van der Waals surface area contributed by atoms with E-state index in [-0.39, 0.29) is 55.0 Å². The molecular formula is C30H35N5O9S. The van der Waals surface area contributed by atoms with Crippen LogP contribution in [0.2, 0.25) is 0 Å². The Morgan fingerprint density at radius 3 is 2.49 bits per heavy atom. The quantitative estimate of drug-likeness (QED) is 0.353. The molecule has 0 radical (unpaired) electrons. The first-order valence-corrected chi connectivity index (χ1v) is 16.4. The van der Waals surface area contributed by atoms with Gasteiger partial charge in [0, 0.05) is 56.3 Å². The molecule has 1 unspecified atom stereocenters. The van der Waals surface area contributed by atoms with Gasteiger partial charge in [-0.15, -0.1) is 0 Å². The fraction of sp³-hybridized carbons (Fsp3) is 0.467. The summed E-state index contributed by atoms with van der Waals surface area (Å²) >= 11 is 0. The minimum Gasteiger partial charge on any atom is -0.492 e. The van der Waals surface area contributed by atoms with Crippen LogP contribution in [0.5, 0.6) is 11.5 Å². The Balaban J connectivity index is 0.967. The molecule has 2 aromatic carbocycles. The van der Waals surface area contributed by atoms with E-state index in [4.69, 9.17) is 19.9 Å². The Morgan fingerprint density at radius 2 is 1.76 bits per heavy atom. The molecule has 3 N–H and O–H groups in total. The van der Waals surface area contributed by atoms with Crippen LogP contribution in [0, 0.1) is 0 Å². The molecule has 4 heterocycles. The molecule has 4 amide bonds. The molecule has 0 bridgehead atoms. The van der Waals surface area contributed by atoms with Gasteiger partial charge >= 0.3 is 6.09 Å². The van der Waals surface area contributed by atoms with Gasteiger partial charge in [-0.3, -0.25) is 24.6 Å². The molecule has 4 aliphatic heterocycles. The Morgan fingerprint density at radius 1 is 1.00 bits per heavy atom. The summed E-state index contributed by atoms with van der Waals surface area (Å²) in [5, 5.41) is 2.31. The van der Waals surface area contributed by atoms with Crippen LogP contribution in [-0.2, 0) is 30.9 Å². The van der Waals surface area contributed by atoms with Gasteiger partial charge in [0.2, 0.25) is 21.8 Å². The van der Waals surface area contributed by atoms with Crippen molar-refractivity contribution in [3.63, 3.8) is 0 Å². The van der Waals surface area contributed by atoms with Crippen LogP contribution in [0.1, 0.15) is 41.6 Å². The van der Waals surface area contributed by atoms with Crippen LogP contribution < -0.4 is 20.5 Å². The van der Waals surface area contributed by atoms with Crippen molar-refractivity contribution in [3.05, 3.63) is 53.6 Å². The number of carbonyl (C=O) groups is 4. The third kappa shape index (κ3) is 6.60. The van der Waals surface area contributed by atoms with Crippen molar-refractivity contribution in [1.29, 1.82) is 0 Å². The van der Waals surface area contributed by atoms with Crippen LogP contribution in [0.25, 0.3) is 0 Å². The molecule has 0 saturated carbocycles. The average Bonchev–Trinajstić information content (AvgIpc) is 3.32. The summed E-state index contributed by atoms with van der Waals surface area (Å²) in [5.41, 5.74) is 6.30. The van der Waals surface area contributed by atoms with Crippen molar-refractivity contribution in [1.82, 2.24) is 19.4 Å². The maximum Gasteiger partial charge on any atom is 0.404 e. The van der Waals surface area contributed by atoms with Gasteiger partial charge in [0.25, 0.3) is 5.91 Å². The number of primary amides is 1. The predicted octanol–water partition coefficient (Wildman–Crippen LogP) is 0.838. The summed E-state index contributed by atoms with van der Waals surface area (Å²) < 4.78 is 44.9. The molecule has 0 aliphatic carbocycles. The first-order valence-electron chi connectivity index (χ1n) is 14.9. The second kappa shape index (κ2) is 12.7. The van der Waals surface area contributed by atoms with Gasteiger partial charge < -0.3 is 24.8 Å². The Kier molecular flexibility index (Phi) is 8.66. The summed E-state index contributed by atoms with van der Waals surface area (Å²) in [5.74, 6) is 0.0308. The number of amides is 4. The van der Waals surface area contributed by atoms with Crippen molar-refractivity contribution in [2.75, 3.05) is 39.3 Å². The Labute approximate surface area is 260 Å². The first kappa shape index (κ1) is 30.8. The fourth-order valence-electron chi connectivity index (χ4n) is 6.16. The highest BCUT2D eigenvalue weighted by molar-refractivity contribution is 7.89. The van der Waals surface area contributed by atoms with Gasteiger partial charge in [-0.1, -0.05) is 12.1 Å². The number of imide groups is 1. The van der Waals surface area contributed by atoms with E-state index >= 15 is 0 Å². The molecule has 3 saturated heterocycles. The number of carbonyl (C=O) groups excluding carboxylic acids is 4. The monoisotopic (exact) mass is 641 g/mol. The zero-order valence-corrected chi connectivity index (χ0v) is 25.4. The van der Waals surface area contributed by atoms with Crippen LogP contribution in [-0.4, -0.2) is 104 Å². The number of nitrogens with two attached hydrogens (primary N) is 1. The van der Waals surface area contributed by atoms with Crippen molar-refractivity contribution >= 4 is 33.8 Å². The molecule has 15 heteroatoms. The minimum atomic E-state index is -3.74. The predicted molar refractivity (Wildman–Crippen MR) is 158 cm³/mol. The normalized spacial score (nSPS) is 21.6.